The quantitative estimate of drug-likeness (QED) is 0.791. The first kappa shape index (κ1) is 13.1. The molecule has 1 heterocycles. The van der Waals surface area contributed by atoms with Crippen molar-refractivity contribution in [2.24, 2.45) is 5.73 Å². The number of nitrogens with one attached hydrogen (secondary N) is 1. The van der Waals surface area contributed by atoms with E-state index in [2.05, 4.69) is 22.3 Å². The Morgan fingerprint density at radius 3 is 2.56 bits per heavy atom. The van der Waals surface area contributed by atoms with Crippen molar-refractivity contribution in [1.82, 2.24) is 10.2 Å². The predicted octanol–water partition coefficient (Wildman–Crippen LogP) is 0.378. The molecule has 0 aromatic heterocycles. The number of hydrogen-bond acceptors (Lipinski definition) is 3. The third kappa shape index (κ3) is 3.55. The highest BCUT2D eigenvalue weighted by Gasteiger charge is 2.24. The Kier molecular flexibility index (Phi) is 4.73. The Hall–Kier alpha value is -1.39. The molecule has 18 heavy (non-hydrogen) atoms. The van der Waals surface area contributed by atoms with Gasteiger partial charge in [-0.25, -0.2) is 0 Å². The second-order valence-corrected chi connectivity index (χ2v) is 4.73. The summed E-state index contributed by atoms with van der Waals surface area (Å²) in [5, 5.41) is 3.29. The second-order valence-electron chi connectivity index (χ2n) is 4.73. The van der Waals surface area contributed by atoms with Crippen molar-refractivity contribution in [1.29, 1.82) is 0 Å². The van der Waals surface area contributed by atoms with Crippen molar-refractivity contribution in [3.8, 4) is 0 Å². The molecule has 1 unspecified atom stereocenters. The van der Waals surface area contributed by atoms with Crippen molar-refractivity contribution >= 4 is 5.91 Å². The van der Waals surface area contributed by atoms with Crippen LogP contribution in [-0.4, -0.2) is 43.0 Å². The monoisotopic (exact) mass is 247 g/mol. The fourth-order valence-electron chi connectivity index (χ4n) is 2.45. The van der Waals surface area contributed by atoms with Gasteiger partial charge in [0.15, 0.2) is 0 Å². The minimum atomic E-state index is -0.201. The van der Waals surface area contributed by atoms with E-state index in [1.165, 1.54) is 5.56 Å². The smallest absolute Gasteiger partial charge is 0.234 e. The summed E-state index contributed by atoms with van der Waals surface area (Å²) in [7, 11) is 0. The lowest BCUT2D eigenvalue weighted by atomic mass is 10.0. The molecule has 2 rings (SSSR count). The third-order valence-corrected chi connectivity index (χ3v) is 3.47. The summed E-state index contributed by atoms with van der Waals surface area (Å²) in [6.07, 6.45) is 1.71. The van der Waals surface area contributed by atoms with Crippen LogP contribution in [0.3, 0.4) is 0 Å². The van der Waals surface area contributed by atoms with Crippen LogP contribution >= 0.6 is 0 Å². The first-order valence-corrected chi connectivity index (χ1v) is 6.55. The molecule has 0 saturated carbocycles. The standard InChI is InChI=1S/C14H21N3O/c15-14(18)13(17-10-8-16-9-11-17)7-6-12-4-2-1-3-5-12/h1-5,13,16H,6-11H2,(H2,15,18). The number of benzene rings is 1. The molecule has 1 aromatic rings. The Bertz CT molecular complexity index is 374. The summed E-state index contributed by atoms with van der Waals surface area (Å²) in [6, 6.07) is 10.1. The number of carbonyl (C=O) groups excluding carboxylic acids is 1. The summed E-state index contributed by atoms with van der Waals surface area (Å²) >= 11 is 0. The maximum absolute atomic E-state index is 11.6. The summed E-state index contributed by atoms with van der Waals surface area (Å²) in [4.78, 5) is 13.8. The van der Waals surface area contributed by atoms with Gasteiger partial charge in [-0.2, -0.15) is 0 Å². The van der Waals surface area contributed by atoms with E-state index >= 15 is 0 Å². The largest absolute Gasteiger partial charge is 0.368 e. The van der Waals surface area contributed by atoms with Gasteiger partial charge in [-0.3, -0.25) is 9.69 Å². The van der Waals surface area contributed by atoms with Gasteiger partial charge in [0.2, 0.25) is 5.91 Å². The van der Waals surface area contributed by atoms with Gasteiger partial charge in [0.1, 0.15) is 0 Å². The predicted molar refractivity (Wildman–Crippen MR) is 72.2 cm³/mol. The summed E-state index contributed by atoms with van der Waals surface area (Å²) < 4.78 is 0. The number of primary amides is 1. The number of amides is 1. The number of nitrogens with zero attached hydrogens (tertiary/aromatic N) is 1. The molecular weight excluding hydrogens is 226 g/mol. The highest BCUT2D eigenvalue weighted by molar-refractivity contribution is 5.79. The highest BCUT2D eigenvalue weighted by atomic mass is 16.1. The van der Waals surface area contributed by atoms with Gasteiger partial charge in [-0.1, -0.05) is 30.3 Å². The molecule has 0 spiro atoms. The minimum Gasteiger partial charge on any atom is -0.368 e. The molecular formula is C14H21N3O. The average molecular weight is 247 g/mol. The van der Waals surface area contributed by atoms with Gasteiger partial charge in [0, 0.05) is 26.2 Å². The first-order valence-electron chi connectivity index (χ1n) is 6.55. The maximum Gasteiger partial charge on any atom is 0.234 e. The Balaban J connectivity index is 1.92. The van der Waals surface area contributed by atoms with Crippen LogP contribution in [0.4, 0.5) is 0 Å². The molecule has 0 aliphatic carbocycles. The van der Waals surface area contributed by atoms with Crippen LogP contribution in [0.5, 0.6) is 0 Å². The lowest BCUT2D eigenvalue weighted by molar-refractivity contribution is -0.123. The van der Waals surface area contributed by atoms with Crippen LogP contribution in [0, 0.1) is 0 Å². The van der Waals surface area contributed by atoms with Gasteiger partial charge in [-0.15, -0.1) is 0 Å². The van der Waals surface area contributed by atoms with E-state index < -0.39 is 0 Å². The van der Waals surface area contributed by atoms with E-state index in [9.17, 15) is 4.79 Å². The van der Waals surface area contributed by atoms with E-state index in [0.29, 0.717) is 0 Å². The highest BCUT2D eigenvalue weighted by Crippen LogP contribution is 2.10. The summed E-state index contributed by atoms with van der Waals surface area (Å²) in [6.45, 7) is 3.69. The molecule has 4 nitrogen and oxygen atoms in total. The van der Waals surface area contributed by atoms with Crippen molar-refractivity contribution < 1.29 is 4.79 Å². The summed E-state index contributed by atoms with van der Waals surface area (Å²) in [5.74, 6) is -0.201. The van der Waals surface area contributed by atoms with Crippen molar-refractivity contribution in [2.45, 2.75) is 18.9 Å². The number of rotatable bonds is 5. The average Bonchev–Trinajstić information content (AvgIpc) is 2.41. The molecule has 98 valence electrons. The second kappa shape index (κ2) is 6.52. The van der Waals surface area contributed by atoms with E-state index in [4.69, 9.17) is 5.73 Å². The zero-order chi connectivity index (χ0) is 12.8. The van der Waals surface area contributed by atoms with Gasteiger partial charge in [0.05, 0.1) is 6.04 Å². The van der Waals surface area contributed by atoms with Gasteiger partial charge in [-0.05, 0) is 18.4 Å². The maximum atomic E-state index is 11.6. The zero-order valence-electron chi connectivity index (χ0n) is 10.6. The number of nitrogens with two attached hydrogens (primary N) is 1. The van der Waals surface area contributed by atoms with Crippen molar-refractivity contribution in [2.75, 3.05) is 26.2 Å². The zero-order valence-corrected chi connectivity index (χ0v) is 10.6. The molecule has 1 saturated heterocycles. The van der Waals surface area contributed by atoms with Crippen LogP contribution in [0.1, 0.15) is 12.0 Å². The van der Waals surface area contributed by atoms with Crippen LogP contribution < -0.4 is 11.1 Å². The Morgan fingerprint density at radius 2 is 1.94 bits per heavy atom. The molecule has 4 heteroatoms. The van der Waals surface area contributed by atoms with Crippen LogP contribution in [0.15, 0.2) is 30.3 Å². The number of piperazine rings is 1. The number of aryl methyl sites for hydroxylation is 1. The molecule has 1 aromatic carbocycles. The van der Waals surface area contributed by atoms with Crippen LogP contribution in [0.25, 0.3) is 0 Å². The van der Waals surface area contributed by atoms with Crippen molar-refractivity contribution in [3.63, 3.8) is 0 Å². The molecule has 1 aliphatic rings. The lowest BCUT2D eigenvalue weighted by Gasteiger charge is -2.33. The van der Waals surface area contributed by atoms with Gasteiger partial charge < -0.3 is 11.1 Å². The number of carbonyl (C=O) groups is 1. The SMILES string of the molecule is NC(=O)C(CCc1ccccc1)N1CCNCC1. The van der Waals surface area contributed by atoms with E-state index in [1.54, 1.807) is 0 Å². The van der Waals surface area contributed by atoms with E-state index in [1.807, 2.05) is 18.2 Å². The molecule has 0 radical (unpaired) electrons. The van der Waals surface area contributed by atoms with Gasteiger partial charge >= 0.3 is 0 Å². The molecule has 1 fully saturated rings. The fourth-order valence-corrected chi connectivity index (χ4v) is 2.45. The lowest BCUT2D eigenvalue weighted by Crippen LogP contribution is -2.53. The minimum absolute atomic E-state index is 0.132. The molecule has 0 bridgehead atoms. The molecule has 1 atom stereocenters. The van der Waals surface area contributed by atoms with Crippen molar-refractivity contribution in [3.05, 3.63) is 35.9 Å². The molecule has 3 N–H and O–H groups in total. The normalized spacial score (nSPS) is 18.4. The third-order valence-electron chi connectivity index (χ3n) is 3.47. The molecule has 1 aliphatic heterocycles. The molecule has 1 amide bonds. The Morgan fingerprint density at radius 1 is 1.28 bits per heavy atom. The van der Waals surface area contributed by atoms with E-state index in [-0.39, 0.29) is 11.9 Å². The fraction of sp³-hybridized carbons (Fsp3) is 0.500. The first-order chi connectivity index (χ1) is 8.77. The summed E-state index contributed by atoms with van der Waals surface area (Å²) in [5.41, 5.74) is 6.79. The number of hydrogen-bond donors (Lipinski definition) is 2. The van der Waals surface area contributed by atoms with Crippen LogP contribution in [-0.2, 0) is 11.2 Å². The topological polar surface area (TPSA) is 58.4 Å². The van der Waals surface area contributed by atoms with Crippen LogP contribution in [0.2, 0.25) is 0 Å². The Labute approximate surface area is 108 Å². The van der Waals surface area contributed by atoms with E-state index in [0.717, 1.165) is 39.0 Å². The van der Waals surface area contributed by atoms with Gasteiger partial charge in [0.25, 0.3) is 0 Å².